The highest BCUT2D eigenvalue weighted by atomic mass is 19.1. The summed E-state index contributed by atoms with van der Waals surface area (Å²) in [5, 5.41) is 3.06. The zero-order valence-corrected chi connectivity index (χ0v) is 15.3. The summed E-state index contributed by atoms with van der Waals surface area (Å²) in [5.41, 5.74) is 0.973. The van der Waals surface area contributed by atoms with Gasteiger partial charge in [0, 0.05) is 12.0 Å². The van der Waals surface area contributed by atoms with Crippen LogP contribution in [0.4, 0.5) is 4.39 Å². The van der Waals surface area contributed by atoms with Crippen molar-refractivity contribution >= 4 is 11.9 Å². The van der Waals surface area contributed by atoms with Gasteiger partial charge in [0.2, 0.25) is 5.91 Å². The molecule has 1 aromatic rings. The van der Waals surface area contributed by atoms with Crippen LogP contribution in [0.1, 0.15) is 44.1 Å². The van der Waals surface area contributed by atoms with Gasteiger partial charge < -0.3 is 10.1 Å². The van der Waals surface area contributed by atoms with Crippen molar-refractivity contribution in [2.75, 3.05) is 26.7 Å². The van der Waals surface area contributed by atoms with Crippen molar-refractivity contribution in [1.82, 2.24) is 10.2 Å². The lowest BCUT2D eigenvalue weighted by Crippen LogP contribution is -2.46. The summed E-state index contributed by atoms with van der Waals surface area (Å²) in [6, 6.07) is 6.33. The number of hydrogen-bond donors (Lipinski definition) is 1. The van der Waals surface area contributed by atoms with Crippen LogP contribution in [0, 0.1) is 5.82 Å². The monoisotopic (exact) mass is 362 g/mol. The van der Waals surface area contributed by atoms with Gasteiger partial charge in [0.15, 0.2) is 0 Å². The third-order valence-electron chi connectivity index (χ3n) is 5.82. The maximum atomic E-state index is 13.3. The predicted molar refractivity (Wildman–Crippen MR) is 96.2 cm³/mol. The first kappa shape index (κ1) is 18.8. The molecule has 26 heavy (non-hydrogen) atoms. The van der Waals surface area contributed by atoms with Gasteiger partial charge in [0.1, 0.15) is 11.9 Å². The molecule has 0 radical (unpaired) electrons. The Morgan fingerprint density at radius 2 is 1.92 bits per heavy atom. The lowest BCUT2D eigenvalue weighted by Gasteiger charge is -2.30. The van der Waals surface area contributed by atoms with E-state index in [4.69, 9.17) is 4.74 Å². The number of ether oxygens (including phenoxy) is 1. The molecule has 2 fully saturated rings. The number of esters is 1. The Morgan fingerprint density at radius 3 is 2.58 bits per heavy atom. The van der Waals surface area contributed by atoms with Crippen LogP contribution in [0.3, 0.4) is 0 Å². The van der Waals surface area contributed by atoms with Gasteiger partial charge in [-0.25, -0.2) is 4.39 Å². The Hall–Kier alpha value is -1.95. The SMILES string of the molecule is COC(=O)C1CCCN1CC(=O)NCC1(c2ccc(F)cc2)CCCC1. The number of carbonyl (C=O) groups is 2. The summed E-state index contributed by atoms with van der Waals surface area (Å²) >= 11 is 0. The minimum absolute atomic E-state index is 0.0748. The number of hydrogen-bond acceptors (Lipinski definition) is 4. The first-order chi connectivity index (χ1) is 12.5. The number of benzene rings is 1. The van der Waals surface area contributed by atoms with Crippen LogP contribution in [0.5, 0.6) is 0 Å². The van der Waals surface area contributed by atoms with Crippen molar-refractivity contribution < 1.29 is 18.7 Å². The number of carbonyl (C=O) groups excluding carboxylic acids is 2. The third kappa shape index (κ3) is 4.06. The van der Waals surface area contributed by atoms with Gasteiger partial charge >= 0.3 is 5.97 Å². The maximum Gasteiger partial charge on any atom is 0.323 e. The number of nitrogens with zero attached hydrogens (tertiary/aromatic N) is 1. The van der Waals surface area contributed by atoms with Crippen LogP contribution in [-0.4, -0.2) is 49.6 Å². The number of amides is 1. The first-order valence-corrected chi connectivity index (χ1v) is 9.39. The van der Waals surface area contributed by atoms with Crippen LogP contribution >= 0.6 is 0 Å². The molecule has 6 heteroatoms. The molecule has 1 unspecified atom stereocenters. The molecule has 1 heterocycles. The number of halogens is 1. The highest BCUT2D eigenvalue weighted by molar-refractivity contribution is 5.80. The fourth-order valence-electron chi connectivity index (χ4n) is 4.35. The van der Waals surface area contributed by atoms with E-state index in [1.165, 1.54) is 19.2 Å². The van der Waals surface area contributed by atoms with Gasteiger partial charge in [-0.1, -0.05) is 25.0 Å². The average Bonchev–Trinajstić information content (AvgIpc) is 3.30. The average molecular weight is 362 g/mol. The van der Waals surface area contributed by atoms with Crippen LogP contribution in [-0.2, 0) is 19.7 Å². The molecule has 0 bridgehead atoms. The normalized spacial score (nSPS) is 22.3. The van der Waals surface area contributed by atoms with Crippen molar-refractivity contribution in [3.05, 3.63) is 35.6 Å². The molecule has 1 N–H and O–H groups in total. The number of likely N-dealkylation sites (tertiary alicyclic amines) is 1. The molecule has 2 aliphatic rings. The summed E-state index contributed by atoms with van der Waals surface area (Å²) in [4.78, 5) is 26.2. The van der Waals surface area contributed by atoms with Gasteiger partial charge in [-0.15, -0.1) is 0 Å². The van der Waals surface area contributed by atoms with Gasteiger partial charge in [-0.3, -0.25) is 14.5 Å². The summed E-state index contributed by atoms with van der Waals surface area (Å²) in [6.07, 6.45) is 5.85. The quantitative estimate of drug-likeness (QED) is 0.790. The second kappa shape index (κ2) is 8.16. The number of methoxy groups -OCH3 is 1. The smallest absolute Gasteiger partial charge is 0.323 e. The second-order valence-corrected chi connectivity index (χ2v) is 7.42. The fourth-order valence-corrected chi connectivity index (χ4v) is 4.35. The van der Waals surface area contributed by atoms with Gasteiger partial charge in [0.05, 0.1) is 13.7 Å². The number of nitrogens with one attached hydrogen (secondary N) is 1. The molecular weight excluding hydrogens is 335 g/mol. The zero-order chi connectivity index (χ0) is 18.6. The predicted octanol–water partition coefficient (Wildman–Crippen LogP) is 2.39. The standard InChI is InChI=1S/C20H27FN2O3/c1-26-19(25)17-5-4-12-23(17)13-18(24)22-14-20(10-2-3-11-20)15-6-8-16(21)9-7-15/h6-9,17H,2-5,10-14H2,1H3,(H,22,24). The highest BCUT2D eigenvalue weighted by Gasteiger charge is 2.37. The molecule has 1 saturated heterocycles. The van der Waals surface area contributed by atoms with E-state index in [1.807, 2.05) is 17.0 Å². The van der Waals surface area contributed by atoms with E-state index in [9.17, 15) is 14.0 Å². The van der Waals surface area contributed by atoms with Crippen molar-refractivity contribution in [1.29, 1.82) is 0 Å². The topological polar surface area (TPSA) is 58.6 Å². The molecule has 1 aromatic carbocycles. The van der Waals surface area contributed by atoms with E-state index in [0.717, 1.165) is 50.6 Å². The molecule has 0 spiro atoms. The van der Waals surface area contributed by atoms with Crippen molar-refractivity contribution in [3.8, 4) is 0 Å². The van der Waals surface area contributed by atoms with E-state index >= 15 is 0 Å². The molecule has 3 rings (SSSR count). The lowest BCUT2D eigenvalue weighted by molar-refractivity contribution is -0.146. The Morgan fingerprint density at radius 1 is 1.23 bits per heavy atom. The minimum Gasteiger partial charge on any atom is -0.468 e. The minimum atomic E-state index is -0.316. The van der Waals surface area contributed by atoms with E-state index in [0.29, 0.717) is 6.54 Å². The Kier molecular flexibility index (Phi) is 5.91. The molecular formula is C20H27FN2O3. The van der Waals surface area contributed by atoms with Gasteiger partial charge in [-0.05, 0) is 49.9 Å². The number of rotatable bonds is 6. The van der Waals surface area contributed by atoms with Crippen LogP contribution in [0.2, 0.25) is 0 Å². The highest BCUT2D eigenvalue weighted by Crippen LogP contribution is 2.40. The van der Waals surface area contributed by atoms with Crippen molar-refractivity contribution in [2.24, 2.45) is 0 Å². The summed E-state index contributed by atoms with van der Waals surface area (Å²) in [6.45, 7) is 1.49. The zero-order valence-electron chi connectivity index (χ0n) is 15.3. The van der Waals surface area contributed by atoms with Crippen LogP contribution < -0.4 is 5.32 Å². The fraction of sp³-hybridized carbons (Fsp3) is 0.600. The van der Waals surface area contributed by atoms with Crippen molar-refractivity contribution in [2.45, 2.75) is 50.0 Å². The molecule has 0 aromatic heterocycles. The van der Waals surface area contributed by atoms with E-state index in [-0.39, 0.29) is 35.7 Å². The van der Waals surface area contributed by atoms with Crippen LogP contribution in [0.15, 0.2) is 24.3 Å². The Bertz CT molecular complexity index is 641. The first-order valence-electron chi connectivity index (χ1n) is 9.39. The lowest BCUT2D eigenvalue weighted by atomic mass is 9.79. The largest absolute Gasteiger partial charge is 0.468 e. The molecule has 1 atom stereocenters. The molecule has 142 valence electrons. The van der Waals surface area contributed by atoms with Crippen LogP contribution in [0.25, 0.3) is 0 Å². The van der Waals surface area contributed by atoms with Gasteiger partial charge in [0.25, 0.3) is 0 Å². The van der Waals surface area contributed by atoms with Crippen molar-refractivity contribution in [3.63, 3.8) is 0 Å². The summed E-state index contributed by atoms with van der Waals surface area (Å²) in [7, 11) is 1.38. The molecule has 1 aliphatic heterocycles. The van der Waals surface area contributed by atoms with E-state index in [2.05, 4.69) is 5.32 Å². The molecule has 1 amide bonds. The van der Waals surface area contributed by atoms with E-state index < -0.39 is 0 Å². The summed E-state index contributed by atoms with van der Waals surface area (Å²) in [5.74, 6) is -0.586. The van der Waals surface area contributed by atoms with Gasteiger partial charge in [-0.2, -0.15) is 0 Å². The third-order valence-corrected chi connectivity index (χ3v) is 5.82. The summed E-state index contributed by atoms with van der Waals surface area (Å²) < 4.78 is 18.1. The maximum absolute atomic E-state index is 13.3. The molecule has 5 nitrogen and oxygen atoms in total. The Balaban J connectivity index is 1.60. The molecule has 1 aliphatic carbocycles. The van der Waals surface area contributed by atoms with E-state index in [1.54, 1.807) is 0 Å². The Labute approximate surface area is 153 Å². The second-order valence-electron chi connectivity index (χ2n) is 7.42. The molecule has 1 saturated carbocycles.